The lowest BCUT2D eigenvalue weighted by atomic mass is 9.68. The number of rotatable bonds is 12. The van der Waals surface area contributed by atoms with Gasteiger partial charge in [-0.3, -0.25) is 9.59 Å². The van der Waals surface area contributed by atoms with Crippen LogP contribution in [0.25, 0.3) is 9.88 Å². The van der Waals surface area contributed by atoms with Crippen molar-refractivity contribution in [2.75, 3.05) is 27.9 Å². The number of methoxy groups -OCH3 is 3. The monoisotopic (exact) mass is 729 g/mol. The van der Waals surface area contributed by atoms with Crippen LogP contribution >= 0.6 is 22.7 Å². The minimum Gasteiger partial charge on any atom is -0.462 e. The van der Waals surface area contributed by atoms with Gasteiger partial charge in [-0.2, -0.15) is 0 Å². The number of cyclic esters (lactones) is 1. The van der Waals surface area contributed by atoms with Crippen molar-refractivity contribution in [1.82, 2.24) is 4.98 Å². The first-order valence-electron chi connectivity index (χ1n) is 18.5. The molecule has 9 nitrogen and oxygen atoms in total. The normalized spacial score (nSPS) is 32.3. The molecule has 50 heavy (non-hydrogen) atoms. The van der Waals surface area contributed by atoms with E-state index in [-0.39, 0.29) is 78.1 Å². The van der Waals surface area contributed by atoms with Gasteiger partial charge < -0.3 is 28.4 Å². The zero-order valence-electron chi connectivity index (χ0n) is 30.6. The SMILES string of the molecule is CC[C@H]1CCCC[C@@H](C)C(=O)C2=C[C@@H]3[C@@H](c4sc(-c5cccs5)nc4C4C[C@@H](OC(OC(C)[C@@H](C)OC)[C@H](COC)OC)C[C@H]43)[C@@H]2CC(=O)O1. The molecule has 3 aliphatic carbocycles. The molecular weight excluding hydrogens is 675 g/mol. The molecule has 11 heteroatoms. The summed E-state index contributed by atoms with van der Waals surface area (Å²) in [6.45, 7) is 8.43. The second-order valence-corrected chi connectivity index (χ2v) is 16.7. The fourth-order valence-electron chi connectivity index (χ4n) is 8.70. The van der Waals surface area contributed by atoms with Gasteiger partial charge in [-0.05, 0) is 81.2 Å². The fourth-order valence-corrected chi connectivity index (χ4v) is 10.9. The number of Topliss-reactive ketones (excluding diaryl/α,β-unsaturated/α-hetero) is 1. The molecule has 0 amide bonds. The average Bonchev–Trinajstić information content (AvgIpc) is 3.92. The van der Waals surface area contributed by atoms with E-state index in [0.717, 1.165) is 66.1 Å². The van der Waals surface area contributed by atoms with Gasteiger partial charge in [0, 0.05) is 49.9 Å². The van der Waals surface area contributed by atoms with Crippen LogP contribution in [0.5, 0.6) is 0 Å². The standard InChI is InChI=1S/C39H55NO8S2/c1-8-24-13-10-9-12-21(2)36(42)30-18-27-26-16-25(48-39(31(45-7)20-43-5)46-23(4)22(3)44-6)17-29(26)35-37(34(27)28(30)19-33(41)47-24)50-38(40-35)32-14-11-15-49-32/h11,14-15,18,21-29,31,34,39H,8-10,12-13,16-17,19-20H2,1-7H3/t21-,22-,23?,24+,25+,26+,27+,28-,29?,31+,34-,39?/m1/s1. The Morgan fingerprint density at radius 1 is 1.04 bits per heavy atom. The third-order valence-electron chi connectivity index (χ3n) is 11.7. The molecule has 0 radical (unpaired) electrons. The van der Waals surface area contributed by atoms with Crippen LogP contribution in [0.2, 0.25) is 0 Å². The first-order chi connectivity index (χ1) is 24.2. The maximum atomic E-state index is 14.3. The van der Waals surface area contributed by atoms with Crippen molar-refractivity contribution in [3.05, 3.63) is 39.7 Å². The van der Waals surface area contributed by atoms with E-state index in [1.54, 1.807) is 44.0 Å². The lowest BCUT2D eigenvalue weighted by Crippen LogP contribution is -2.43. The number of ether oxygens (including phenoxy) is 6. The largest absolute Gasteiger partial charge is 0.462 e. The number of carbonyl (C=O) groups excluding carboxylic acids is 2. The Bertz CT molecular complexity index is 1470. The molecule has 0 bridgehead atoms. The van der Waals surface area contributed by atoms with Crippen LogP contribution < -0.4 is 0 Å². The van der Waals surface area contributed by atoms with Gasteiger partial charge in [0.15, 0.2) is 12.1 Å². The third-order valence-corrected chi connectivity index (χ3v) is 13.9. The first kappa shape index (κ1) is 37.8. The van der Waals surface area contributed by atoms with E-state index in [9.17, 15) is 9.59 Å². The van der Waals surface area contributed by atoms with E-state index in [4.69, 9.17) is 33.4 Å². The smallest absolute Gasteiger partial charge is 0.306 e. The Kier molecular flexibility index (Phi) is 12.7. The maximum Gasteiger partial charge on any atom is 0.306 e. The average molecular weight is 730 g/mol. The van der Waals surface area contributed by atoms with Crippen LogP contribution in [-0.4, -0.2) is 81.5 Å². The Morgan fingerprint density at radius 2 is 1.84 bits per heavy atom. The molecule has 3 heterocycles. The van der Waals surface area contributed by atoms with Gasteiger partial charge in [0.25, 0.3) is 0 Å². The lowest BCUT2D eigenvalue weighted by Gasteiger charge is -2.37. The van der Waals surface area contributed by atoms with E-state index in [2.05, 4.69) is 37.4 Å². The molecule has 12 atom stereocenters. The highest BCUT2D eigenvalue weighted by atomic mass is 32.1. The van der Waals surface area contributed by atoms with Crippen LogP contribution in [0.3, 0.4) is 0 Å². The zero-order chi connectivity index (χ0) is 35.5. The number of allylic oxidation sites excluding steroid dienone is 2. The van der Waals surface area contributed by atoms with Crippen LogP contribution in [0, 0.1) is 23.7 Å². The molecule has 2 aromatic rings. The lowest BCUT2D eigenvalue weighted by molar-refractivity contribution is -0.255. The van der Waals surface area contributed by atoms with Crippen molar-refractivity contribution < 1.29 is 38.0 Å². The van der Waals surface area contributed by atoms with Gasteiger partial charge in [0.05, 0.1) is 41.9 Å². The molecule has 0 aromatic carbocycles. The number of hydrogen-bond donors (Lipinski definition) is 0. The second kappa shape index (κ2) is 16.8. The van der Waals surface area contributed by atoms with E-state index in [1.165, 1.54) is 4.88 Å². The summed E-state index contributed by atoms with van der Waals surface area (Å²) in [4.78, 5) is 35.6. The molecule has 3 unspecified atom stereocenters. The summed E-state index contributed by atoms with van der Waals surface area (Å²) in [6, 6.07) is 4.18. The Balaban J connectivity index is 1.36. The molecule has 0 spiro atoms. The molecule has 1 saturated heterocycles. The number of nitrogens with zero attached hydrogens (tertiary/aromatic N) is 1. The van der Waals surface area contributed by atoms with E-state index >= 15 is 0 Å². The Labute approximate surface area is 305 Å². The summed E-state index contributed by atoms with van der Waals surface area (Å²) in [6.07, 6.45) is 6.80. The first-order valence-corrected chi connectivity index (χ1v) is 20.2. The van der Waals surface area contributed by atoms with Crippen molar-refractivity contribution in [3.8, 4) is 9.88 Å². The van der Waals surface area contributed by atoms with Crippen molar-refractivity contribution >= 4 is 34.4 Å². The molecule has 2 fully saturated rings. The quantitative estimate of drug-likeness (QED) is 0.159. The van der Waals surface area contributed by atoms with Gasteiger partial charge in [-0.25, -0.2) is 4.98 Å². The molecule has 276 valence electrons. The maximum absolute atomic E-state index is 14.3. The Morgan fingerprint density at radius 3 is 2.54 bits per heavy atom. The van der Waals surface area contributed by atoms with E-state index < -0.39 is 12.4 Å². The van der Waals surface area contributed by atoms with Crippen molar-refractivity contribution in [2.24, 2.45) is 23.7 Å². The second-order valence-electron chi connectivity index (χ2n) is 14.7. The fraction of sp³-hybridized carbons (Fsp3) is 0.718. The molecule has 6 rings (SSSR count). The van der Waals surface area contributed by atoms with Crippen LogP contribution in [0.4, 0.5) is 0 Å². The highest BCUT2D eigenvalue weighted by Crippen LogP contribution is 2.63. The highest BCUT2D eigenvalue weighted by Gasteiger charge is 2.56. The summed E-state index contributed by atoms with van der Waals surface area (Å²) in [7, 11) is 4.97. The number of thiazole rings is 1. The summed E-state index contributed by atoms with van der Waals surface area (Å²) in [5.41, 5.74) is 1.93. The topological polar surface area (TPSA) is 102 Å². The number of esters is 1. The number of thiophene rings is 1. The third kappa shape index (κ3) is 7.84. The molecule has 2 aromatic heterocycles. The van der Waals surface area contributed by atoms with Gasteiger partial charge in [-0.15, -0.1) is 22.7 Å². The molecule has 1 saturated carbocycles. The molecular formula is C39H55NO8S2. The van der Waals surface area contributed by atoms with Gasteiger partial charge in [0.2, 0.25) is 0 Å². The highest BCUT2D eigenvalue weighted by molar-refractivity contribution is 7.21. The van der Waals surface area contributed by atoms with Crippen molar-refractivity contribution in [2.45, 2.75) is 128 Å². The summed E-state index contributed by atoms with van der Waals surface area (Å²) in [5.74, 6) is 0.119. The summed E-state index contributed by atoms with van der Waals surface area (Å²) >= 11 is 3.43. The predicted octanol–water partition coefficient (Wildman–Crippen LogP) is 7.94. The van der Waals surface area contributed by atoms with Gasteiger partial charge in [-0.1, -0.05) is 32.4 Å². The summed E-state index contributed by atoms with van der Waals surface area (Å²) < 4.78 is 36.3. The molecule has 4 aliphatic rings. The minimum absolute atomic E-state index is 0.00670. The van der Waals surface area contributed by atoms with Crippen molar-refractivity contribution in [1.29, 1.82) is 0 Å². The van der Waals surface area contributed by atoms with Crippen LogP contribution in [-0.2, 0) is 38.0 Å². The van der Waals surface area contributed by atoms with Crippen molar-refractivity contribution in [3.63, 3.8) is 0 Å². The van der Waals surface area contributed by atoms with Gasteiger partial charge >= 0.3 is 5.97 Å². The van der Waals surface area contributed by atoms with Gasteiger partial charge in [0.1, 0.15) is 17.2 Å². The van der Waals surface area contributed by atoms with Crippen LogP contribution in [0.15, 0.2) is 29.2 Å². The van der Waals surface area contributed by atoms with E-state index in [1.807, 2.05) is 13.8 Å². The van der Waals surface area contributed by atoms with E-state index in [0.29, 0.717) is 6.61 Å². The Hall–Kier alpha value is -1.99. The number of carbonyl (C=O) groups is 2. The number of aromatic nitrogens is 1. The zero-order valence-corrected chi connectivity index (χ0v) is 32.3. The minimum atomic E-state index is -0.661. The number of fused-ring (bicyclic) bond motifs is 8. The number of hydrogen-bond acceptors (Lipinski definition) is 11. The summed E-state index contributed by atoms with van der Waals surface area (Å²) in [5, 5.41) is 3.09. The number of ketones is 1. The molecule has 0 N–H and O–H groups in total. The molecule has 1 aliphatic heterocycles. The predicted molar refractivity (Wildman–Crippen MR) is 194 cm³/mol. The van der Waals surface area contributed by atoms with Crippen LogP contribution in [0.1, 0.15) is 101 Å².